The van der Waals surface area contributed by atoms with Crippen molar-refractivity contribution < 1.29 is 4.79 Å². The molecule has 1 aromatic heterocycles. The van der Waals surface area contributed by atoms with Crippen LogP contribution in [0.5, 0.6) is 0 Å². The number of nitrogens with zero attached hydrogens (tertiary/aromatic N) is 4. The van der Waals surface area contributed by atoms with E-state index in [0.29, 0.717) is 13.1 Å². The van der Waals surface area contributed by atoms with E-state index in [1.807, 2.05) is 23.6 Å². The standard InChI is InChI=1S/C18H15N5OS/c1-11(24)23-5-4-12-13(7-19)17(22)18(9-20,10-21)16(14(12)8-23)15-3-2-6-25-15/h2-4,6,14,16H,5,8,22H2,1H3/t14-,16+/m0/s1. The van der Waals surface area contributed by atoms with Crippen LogP contribution in [-0.4, -0.2) is 23.9 Å². The number of thiophene rings is 1. The molecule has 0 fully saturated rings. The summed E-state index contributed by atoms with van der Waals surface area (Å²) in [5.41, 5.74) is 5.50. The first kappa shape index (κ1) is 16.8. The highest BCUT2D eigenvalue weighted by Gasteiger charge is 2.55. The number of hydrogen-bond donors (Lipinski definition) is 1. The van der Waals surface area contributed by atoms with E-state index in [-0.39, 0.29) is 23.1 Å². The van der Waals surface area contributed by atoms with E-state index in [1.54, 1.807) is 4.90 Å². The lowest BCUT2D eigenvalue weighted by molar-refractivity contribution is -0.129. The predicted molar refractivity (Wildman–Crippen MR) is 91.4 cm³/mol. The number of rotatable bonds is 1. The minimum Gasteiger partial charge on any atom is -0.399 e. The van der Waals surface area contributed by atoms with Crippen LogP contribution in [0.1, 0.15) is 17.7 Å². The Hall–Kier alpha value is -3.08. The lowest BCUT2D eigenvalue weighted by atomic mass is 9.59. The van der Waals surface area contributed by atoms with E-state index in [4.69, 9.17) is 5.73 Å². The summed E-state index contributed by atoms with van der Waals surface area (Å²) in [5, 5.41) is 31.2. The van der Waals surface area contributed by atoms with Gasteiger partial charge in [0, 0.05) is 36.7 Å². The Morgan fingerprint density at radius 1 is 1.40 bits per heavy atom. The van der Waals surface area contributed by atoms with E-state index < -0.39 is 11.3 Å². The molecular formula is C18H15N5OS. The van der Waals surface area contributed by atoms with Gasteiger partial charge in [-0.3, -0.25) is 4.79 Å². The molecule has 124 valence electrons. The summed E-state index contributed by atoms with van der Waals surface area (Å²) in [4.78, 5) is 14.4. The summed E-state index contributed by atoms with van der Waals surface area (Å²) in [6.45, 7) is 2.23. The Kier molecular flexibility index (Phi) is 4.08. The molecule has 3 rings (SSSR count). The van der Waals surface area contributed by atoms with Gasteiger partial charge in [0.15, 0.2) is 5.41 Å². The van der Waals surface area contributed by atoms with Gasteiger partial charge in [0.25, 0.3) is 0 Å². The van der Waals surface area contributed by atoms with E-state index in [1.165, 1.54) is 18.3 Å². The zero-order valence-corrected chi connectivity index (χ0v) is 14.4. The van der Waals surface area contributed by atoms with Crippen molar-refractivity contribution in [1.82, 2.24) is 4.90 Å². The van der Waals surface area contributed by atoms with E-state index in [0.717, 1.165) is 10.5 Å². The molecule has 0 saturated heterocycles. The first-order chi connectivity index (χ1) is 12.0. The third-order valence-corrected chi connectivity index (χ3v) is 5.91. The smallest absolute Gasteiger partial charge is 0.219 e. The summed E-state index contributed by atoms with van der Waals surface area (Å²) >= 11 is 1.44. The van der Waals surface area contributed by atoms with Crippen molar-refractivity contribution in [1.29, 1.82) is 15.8 Å². The molecule has 0 bridgehead atoms. The first-order valence-electron chi connectivity index (χ1n) is 7.72. The third-order valence-electron chi connectivity index (χ3n) is 4.96. The van der Waals surface area contributed by atoms with Crippen LogP contribution in [0.25, 0.3) is 0 Å². The topological polar surface area (TPSA) is 118 Å². The Bertz CT molecular complexity index is 893. The van der Waals surface area contributed by atoms with Gasteiger partial charge in [-0.05, 0) is 17.0 Å². The number of allylic oxidation sites excluding steroid dienone is 2. The molecule has 2 heterocycles. The van der Waals surface area contributed by atoms with Gasteiger partial charge >= 0.3 is 0 Å². The highest BCUT2D eigenvalue weighted by atomic mass is 32.1. The molecule has 1 aromatic rings. The summed E-state index contributed by atoms with van der Waals surface area (Å²) in [6, 6.07) is 9.95. The van der Waals surface area contributed by atoms with Crippen LogP contribution < -0.4 is 5.73 Å². The fourth-order valence-electron chi connectivity index (χ4n) is 3.71. The van der Waals surface area contributed by atoms with Crippen molar-refractivity contribution in [2.24, 2.45) is 17.1 Å². The molecule has 2 atom stereocenters. The Labute approximate surface area is 149 Å². The van der Waals surface area contributed by atoms with Crippen LogP contribution in [0, 0.1) is 45.3 Å². The summed E-state index contributed by atoms with van der Waals surface area (Å²) in [7, 11) is 0. The molecule has 6 nitrogen and oxygen atoms in total. The Morgan fingerprint density at radius 3 is 2.64 bits per heavy atom. The molecule has 0 saturated carbocycles. The van der Waals surface area contributed by atoms with Crippen LogP contribution >= 0.6 is 11.3 Å². The van der Waals surface area contributed by atoms with Gasteiger partial charge in [0.1, 0.15) is 6.07 Å². The Morgan fingerprint density at radius 2 is 2.12 bits per heavy atom. The van der Waals surface area contributed by atoms with Crippen molar-refractivity contribution in [2.45, 2.75) is 12.8 Å². The van der Waals surface area contributed by atoms with Gasteiger partial charge in [-0.1, -0.05) is 12.1 Å². The lowest BCUT2D eigenvalue weighted by Crippen LogP contribution is -2.48. The summed E-state index contributed by atoms with van der Waals surface area (Å²) in [6.07, 6.45) is 1.82. The molecule has 0 aromatic carbocycles. The van der Waals surface area contributed by atoms with Crippen molar-refractivity contribution in [2.75, 3.05) is 13.1 Å². The average Bonchev–Trinajstić information content (AvgIpc) is 3.14. The molecule has 0 spiro atoms. The van der Waals surface area contributed by atoms with Gasteiger partial charge in [-0.25, -0.2) is 0 Å². The zero-order valence-electron chi connectivity index (χ0n) is 13.6. The lowest BCUT2D eigenvalue weighted by Gasteiger charge is -2.44. The van der Waals surface area contributed by atoms with Crippen molar-refractivity contribution in [3.8, 4) is 18.2 Å². The Balaban J connectivity index is 2.29. The molecule has 25 heavy (non-hydrogen) atoms. The second kappa shape index (κ2) is 6.09. The van der Waals surface area contributed by atoms with E-state index >= 15 is 0 Å². The number of nitrogens with two attached hydrogens (primary N) is 1. The predicted octanol–water partition coefficient (Wildman–Crippen LogP) is 2.02. The van der Waals surface area contributed by atoms with Crippen LogP contribution in [0.4, 0.5) is 0 Å². The third kappa shape index (κ3) is 2.31. The first-order valence-corrected chi connectivity index (χ1v) is 8.60. The molecule has 1 amide bonds. The quantitative estimate of drug-likeness (QED) is 0.832. The maximum absolute atomic E-state index is 11.8. The van der Waals surface area contributed by atoms with Gasteiger partial charge in [-0.15, -0.1) is 11.3 Å². The maximum Gasteiger partial charge on any atom is 0.219 e. The minimum atomic E-state index is -1.63. The molecule has 2 aliphatic rings. The fraction of sp³-hybridized carbons (Fsp3) is 0.333. The fourth-order valence-corrected chi connectivity index (χ4v) is 4.67. The van der Waals surface area contributed by atoms with Crippen molar-refractivity contribution >= 4 is 17.2 Å². The van der Waals surface area contributed by atoms with Crippen molar-refractivity contribution in [3.05, 3.63) is 45.3 Å². The maximum atomic E-state index is 11.8. The number of fused-ring (bicyclic) bond motifs is 1. The van der Waals surface area contributed by atoms with Crippen LogP contribution in [0.15, 0.2) is 40.4 Å². The molecule has 7 heteroatoms. The van der Waals surface area contributed by atoms with Gasteiger partial charge in [0.05, 0.1) is 23.4 Å². The molecule has 1 aliphatic carbocycles. The normalized spacial score (nSPS) is 24.4. The van der Waals surface area contributed by atoms with Crippen LogP contribution in [-0.2, 0) is 4.79 Å². The average molecular weight is 349 g/mol. The molecule has 1 aliphatic heterocycles. The summed E-state index contributed by atoms with van der Waals surface area (Å²) in [5.74, 6) is -0.925. The van der Waals surface area contributed by atoms with Gasteiger partial charge < -0.3 is 10.6 Å². The highest BCUT2D eigenvalue weighted by Crippen LogP contribution is 2.54. The SMILES string of the molecule is CC(=O)N1CC=C2C(C#N)=C(N)C(C#N)(C#N)[C@@H](c3cccs3)[C@H]2C1. The second-order valence-electron chi connectivity index (χ2n) is 6.12. The zero-order chi connectivity index (χ0) is 18.2. The number of nitriles is 3. The molecular weight excluding hydrogens is 334 g/mol. The number of carbonyl (C=O) groups excluding carboxylic acids is 1. The van der Waals surface area contributed by atoms with Crippen LogP contribution in [0.2, 0.25) is 0 Å². The van der Waals surface area contributed by atoms with Crippen LogP contribution in [0.3, 0.4) is 0 Å². The van der Waals surface area contributed by atoms with E-state index in [2.05, 4.69) is 18.2 Å². The van der Waals surface area contributed by atoms with Gasteiger partial charge in [0.2, 0.25) is 5.91 Å². The number of carbonyl (C=O) groups is 1. The number of hydrogen-bond acceptors (Lipinski definition) is 6. The largest absolute Gasteiger partial charge is 0.399 e. The minimum absolute atomic E-state index is 0.0113. The van der Waals surface area contributed by atoms with Gasteiger partial charge in [-0.2, -0.15) is 15.8 Å². The van der Waals surface area contributed by atoms with E-state index in [9.17, 15) is 20.6 Å². The molecule has 0 unspecified atom stereocenters. The second-order valence-corrected chi connectivity index (χ2v) is 7.09. The number of amides is 1. The monoisotopic (exact) mass is 349 g/mol. The molecule has 0 radical (unpaired) electrons. The molecule has 2 N–H and O–H groups in total. The highest BCUT2D eigenvalue weighted by molar-refractivity contribution is 7.10. The summed E-state index contributed by atoms with van der Waals surface area (Å²) < 4.78 is 0. The van der Waals surface area contributed by atoms with Crippen molar-refractivity contribution in [3.63, 3.8) is 0 Å².